The SMILES string of the molecule is O=S(=O)(O)CCC[S+]1CCCC1. The third-order valence-corrected chi connectivity index (χ3v) is 5.35. The molecule has 1 fully saturated rings. The van der Waals surface area contributed by atoms with E-state index in [0.29, 0.717) is 17.3 Å². The molecule has 0 amide bonds. The Labute approximate surface area is 76.6 Å². The molecule has 1 heterocycles. The fraction of sp³-hybridized carbons (Fsp3) is 1.00. The van der Waals surface area contributed by atoms with E-state index in [1.165, 1.54) is 24.3 Å². The van der Waals surface area contributed by atoms with Gasteiger partial charge in [-0.1, -0.05) is 0 Å². The maximum atomic E-state index is 10.4. The van der Waals surface area contributed by atoms with Gasteiger partial charge in [-0.25, -0.2) is 0 Å². The summed E-state index contributed by atoms with van der Waals surface area (Å²) in [5.41, 5.74) is 0. The van der Waals surface area contributed by atoms with Crippen molar-refractivity contribution in [3.05, 3.63) is 0 Å². The Morgan fingerprint density at radius 3 is 2.33 bits per heavy atom. The summed E-state index contributed by atoms with van der Waals surface area (Å²) in [6.07, 6.45) is 3.23. The van der Waals surface area contributed by atoms with Gasteiger partial charge in [0.2, 0.25) is 0 Å². The lowest BCUT2D eigenvalue weighted by molar-refractivity contribution is 0.482. The number of hydrogen-bond acceptors (Lipinski definition) is 2. The fourth-order valence-corrected chi connectivity index (χ4v) is 4.45. The highest BCUT2D eigenvalue weighted by Crippen LogP contribution is 2.14. The van der Waals surface area contributed by atoms with Crippen molar-refractivity contribution in [1.82, 2.24) is 0 Å². The third-order valence-electron chi connectivity index (χ3n) is 1.95. The van der Waals surface area contributed by atoms with E-state index in [1.54, 1.807) is 0 Å². The lowest BCUT2D eigenvalue weighted by Crippen LogP contribution is -2.13. The Balaban J connectivity index is 2.09. The second-order valence-electron chi connectivity index (χ2n) is 3.07. The van der Waals surface area contributed by atoms with Crippen molar-refractivity contribution in [3.8, 4) is 0 Å². The fourth-order valence-electron chi connectivity index (χ4n) is 1.36. The Morgan fingerprint density at radius 2 is 1.83 bits per heavy atom. The van der Waals surface area contributed by atoms with Crippen LogP contribution >= 0.6 is 0 Å². The van der Waals surface area contributed by atoms with E-state index in [0.717, 1.165) is 5.75 Å². The summed E-state index contributed by atoms with van der Waals surface area (Å²) in [4.78, 5) is 0. The summed E-state index contributed by atoms with van der Waals surface area (Å²) in [6.45, 7) is 0. The van der Waals surface area contributed by atoms with Gasteiger partial charge >= 0.3 is 0 Å². The minimum absolute atomic E-state index is 0.0590. The monoisotopic (exact) mass is 211 g/mol. The molecule has 0 atom stereocenters. The van der Waals surface area contributed by atoms with Crippen LogP contribution in [-0.4, -0.2) is 36.0 Å². The molecule has 5 heteroatoms. The van der Waals surface area contributed by atoms with Crippen LogP contribution in [0.1, 0.15) is 19.3 Å². The van der Waals surface area contributed by atoms with Gasteiger partial charge in [-0.3, -0.25) is 4.55 Å². The van der Waals surface area contributed by atoms with Gasteiger partial charge in [-0.05, 0) is 23.7 Å². The second kappa shape index (κ2) is 4.48. The average Bonchev–Trinajstić information content (AvgIpc) is 2.36. The second-order valence-corrected chi connectivity index (χ2v) is 7.09. The van der Waals surface area contributed by atoms with Crippen LogP contribution in [0.4, 0.5) is 0 Å². The van der Waals surface area contributed by atoms with E-state index in [1.807, 2.05) is 0 Å². The van der Waals surface area contributed by atoms with Gasteiger partial charge in [0.15, 0.2) is 0 Å². The zero-order valence-electron chi connectivity index (χ0n) is 7.03. The quantitative estimate of drug-likeness (QED) is 0.549. The third kappa shape index (κ3) is 4.33. The van der Waals surface area contributed by atoms with Crippen LogP contribution in [0.15, 0.2) is 0 Å². The summed E-state index contributed by atoms with van der Waals surface area (Å²) in [5, 5.41) is 0. The zero-order chi connectivity index (χ0) is 9.03. The molecule has 1 N–H and O–H groups in total. The molecule has 0 aromatic carbocycles. The molecule has 0 saturated carbocycles. The minimum Gasteiger partial charge on any atom is -0.286 e. The van der Waals surface area contributed by atoms with Gasteiger partial charge in [-0.15, -0.1) is 0 Å². The predicted molar refractivity (Wildman–Crippen MR) is 52.2 cm³/mol. The first-order valence-corrected chi connectivity index (χ1v) is 7.51. The Morgan fingerprint density at radius 1 is 1.25 bits per heavy atom. The Hall–Kier alpha value is 0.260. The lowest BCUT2D eigenvalue weighted by Gasteiger charge is -1.98. The van der Waals surface area contributed by atoms with Crippen LogP contribution in [0, 0.1) is 0 Å². The molecule has 1 rings (SSSR count). The normalized spacial score (nSPS) is 20.1. The largest absolute Gasteiger partial charge is 0.286 e. The van der Waals surface area contributed by atoms with E-state index in [2.05, 4.69) is 0 Å². The van der Waals surface area contributed by atoms with Crippen LogP contribution in [0.2, 0.25) is 0 Å². The summed E-state index contributed by atoms with van der Waals surface area (Å²) >= 11 is 0. The van der Waals surface area contributed by atoms with E-state index in [4.69, 9.17) is 4.55 Å². The highest BCUT2D eigenvalue weighted by atomic mass is 32.2. The molecular weight excluding hydrogens is 196 g/mol. The molecule has 0 spiro atoms. The molecule has 0 radical (unpaired) electrons. The number of rotatable bonds is 4. The first-order chi connectivity index (χ1) is 5.58. The molecule has 0 unspecified atom stereocenters. The summed E-state index contributed by atoms with van der Waals surface area (Å²) in [5.74, 6) is 3.47. The van der Waals surface area contributed by atoms with E-state index >= 15 is 0 Å². The van der Waals surface area contributed by atoms with Crippen LogP contribution in [-0.2, 0) is 21.0 Å². The summed E-state index contributed by atoms with van der Waals surface area (Å²) < 4.78 is 29.2. The van der Waals surface area contributed by atoms with Crippen molar-refractivity contribution >= 4 is 21.0 Å². The van der Waals surface area contributed by atoms with Crippen molar-refractivity contribution in [2.24, 2.45) is 0 Å². The molecule has 0 aromatic heterocycles. The maximum Gasteiger partial charge on any atom is 0.265 e. The molecule has 0 bridgehead atoms. The molecule has 72 valence electrons. The highest BCUT2D eigenvalue weighted by molar-refractivity contribution is 7.97. The molecule has 1 saturated heterocycles. The van der Waals surface area contributed by atoms with Gasteiger partial charge in [0, 0.05) is 6.42 Å². The predicted octanol–water partition coefficient (Wildman–Crippen LogP) is 0.676. The van der Waals surface area contributed by atoms with E-state index in [9.17, 15) is 8.42 Å². The highest BCUT2D eigenvalue weighted by Gasteiger charge is 2.23. The van der Waals surface area contributed by atoms with E-state index < -0.39 is 10.1 Å². The van der Waals surface area contributed by atoms with Crippen LogP contribution in [0.3, 0.4) is 0 Å². The summed E-state index contributed by atoms with van der Waals surface area (Å²) in [7, 11) is -3.25. The van der Waals surface area contributed by atoms with E-state index in [-0.39, 0.29) is 5.75 Å². The molecule has 0 aliphatic carbocycles. The van der Waals surface area contributed by atoms with Crippen molar-refractivity contribution in [2.75, 3.05) is 23.0 Å². The van der Waals surface area contributed by atoms with Gasteiger partial charge in [0.05, 0.1) is 5.75 Å². The van der Waals surface area contributed by atoms with Gasteiger partial charge in [0.1, 0.15) is 17.3 Å². The zero-order valence-corrected chi connectivity index (χ0v) is 8.66. The molecule has 1 aliphatic rings. The molecule has 12 heavy (non-hydrogen) atoms. The molecule has 1 aliphatic heterocycles. The Kier molecular flexibility index (Phi) is 3.86. The van der Waals surface area contributed by atoms with Gasteiger partial charge < -0.3 is 0 Å². The smallest absolute Gasteiger partial charge is 0.265 e. The lowest BCUT2D eigenvalue weighted by atomic mass is 10.4. The first-order valence-electron chi connectivity index (χ1n) is 4.17. The molecule has 0 aromatic rings. The number of hydrogen-bond donors (Lipinski definition) is 1. The maximum absolute atomic E-state index is 10.4. The minimum atomic E-state index is -3.71. The van der Waals surface area contributed by atoms with Gasteiger partial charge in [-0.2, -0.15) is 8.42 Å². The first kappa shape index (κ1) is 10.3. The summed E-state index contributed by atoms with van der Waals surface area (Å²) in [6, 6.07) is 0. The van der Waals surface area contributed by atoms with Crippen molar-refractivity contribution in [2.45, 2.75) is 19.3 Å². The average molecular weight is 211 g/mol. The van der Waals surface area contributed by atoms with Crippen LogP contribution < -0.4 is 0 Å². The van der Waals surface area contributed by atoms with Crippen molar-refractivity contribution in [1.29, 1.82) is 0 Å². The van der Waals surface area contributed by atoms with Crippen LogP contribution in [0.25, 0.3) is 0 Å². The molecular formula is C7H15O3S2+. The van der Waals surface area contributed by atoms with Crippen LogP contribution in [0.5, 0.6) is 0 Å². The molecule has 3 nitrogen and oxygen atoms in total. The standard InChI is InChI=1S/C7H14O3S2/c8-12(9,10)7-3-6-11-4-1-2-5-11/h1-7H2/p+1. The van der Waals surface area contributed by atoms with Crippen molar-refractivity contribution < 1.29 is 13.0 Å². The van der Waals surface area contributed by atoms with Crippen molar-refractivity contribution in [3.63, 3.8) is 0 Å². The topological polar surface area (TPSA) is 54.4 Å². The Bertz CT molecular complexity index is 217. The van der Waals surface area contributed by atoms with Gasteiger partial charge in [0.25, 0.3) is 10.1 Å².